The van der Waals surface area contributed by atoms with Gasteiger partial charge in [0, 0.05) is 51.0 Å². The van der Waals surface area contributed by atoms with E-state index in [1.54, 1.807) is 24.3 Å². The second kappa shape index (κ2) is 8.77. The highest BCUT2D eigenvalue weighted by Crippen LogP contribution is 2.24. The Labute approximate surface area is 178 Å². The molecular formula is C21H29N5O3S. The number of anilines is 2. The molecule has 0 aliphatic carbocycles. The minimum atomic E-state index is -3.53. The Hall–Kier alpha value is -2.39. The van der Waals surface area contributed by atoms with Crippen LogP contribution >= 0.6 is 0 Å². The summed E-state index contributed by atoms with van der Waals surface area (Å²) in [6.45, 7) is 8.45. The highest BCUT2D eigenvalue weighted by molar-refractivity contribution is 7.89. The number of hydrogen-bond acceptors (Lipinski definition) is 7. The lowest BCUT2D eigenvalue weighted by Gasteiger charge is -2.34. The molecule has 0 bridgehead atoms. The summed E-state index contributed by atoms with van der Waals surface area (Å²) in [7, 11) is -3.53. The van der Waals surface area contributed by atoms with Gasteiger partial charge in [0.25, 0.3) is 0 Å². The van der Waals surface area contributed by atoms with Crippen LogP contribution in [0.25, 0.3) is 0 Å². The maximum atomic E-state index is 13.0. The van der Waals surface area contributed by atoms with Crippen molar-refractivity contribution in [2.45, 2.75) is 31.6 Å². The summed E-state index contributed by atoms with van der Waals surface area (Å²) >= 11 is 0. The Kier molecular flexibility index (Phi) is 6.10. The predicted octanol–water partition coefficient (Wildman–Crippen LogP) is 2.29. The van der Waals surface area contributed by atoms with Crippen molar-refractivity contribution in [1.29, 1.82) is 0 Å². The van der Waals surface area contributed by atoms with Crippen molar-refractivity contribution in [2.75, 3.05) is 55.7 Å². The Morgan fingerprint density at radius 1 is 0.933 bits per heavy atom. The molecule has 0 spiro atoms. The van der Waals surface area contributed by atoms with Gasteiger partial charge in [0.1, 0.15) is 11.6 Å². The average Bonchev–Trinajstić information content (AvgIpc) is 3.29. The zero-order valence-electron chi connectivity index (χ0n) is 17.6. The van der Waals surface area contributed by atoms with Gasteiger partial charge >= 0.3 is 0 Å². The molecular weight excluding hydrogens is 402 g/mol. The van der Waals surface area contributed by atoms with Gasteiger partial charge in [0.05, 0.1) is 11.5 Å². The monoisotopic (exact) mass is 431 g/mol. The fraction of sp³-hybridized carbons (Fsp3) is 0.524. The van der Waals surface area contributed by atoms with Crippen LogP contribution in [0.5, 0.6) is 5.75 Å². The number of rotatable bonds is 6. The van der Waals surface area contributed by atoms with Gasteiger partial charge in [0.2, 0.25) is 16.0 Å². The van der Waals surface area contributed by atoms with Crippen molar-refractivity contribution in [3.63, 3.8) is 0 Å². The van der Waals surface area contributed by atoms with E-state index in [2.05, 4.69) is 14.8 Å². The van der Waals surface area contributed by atoms with Gasteiger partial charge in [-0.15, -0.1) is 0 Å². The van der Waals surface area contributed by atoms with E-state index in [0.29, 0.717) is 49.4 Å². The van der Waals surface area contributed by atoms with Crippen molar-refractivity contribution >= 4 is 21.8 Å². The summed E-state index contributed by atoms with van der Waals surface area (Å²) in [4.78, 5) is 14.0. The number of aromatic nitrogens is 2. The van der Waals surface area contributed by atoms with Gasteiger partial charge in [-0.2, -0.15) is 9.29 Å². The number of nitrogens with zero attached hydrogens (tertiary/aromatic N) is 5. The van der Waals surface area contributed by atoms with Crippen molar-refractivity contribution in [1.82, 2.24) is 14.3 Å². The molecule has 2 aromatic rings. The highest BCUT2D eigenvalue weighted by atomic mass is 32.2. The summed E-state index contributed by atoms with van der Waals surface area (Å²) in [5.74, 6) is 2.33. The van der Waals surface area contributed by atoms with Crippen LogP contribution in [0.1, 0.15) is 25.5 Å². The van der Waals surface area contributed by atoms with Crippen molar-refractivity contribution in [2.24, 2.45) is 0 Å². The zero-order chi connectivity index (χ0) is 21.1. The van der Waals surface area contributed by atoms with E-state index in [1.165, 1.54) is 17.1 Å². The maximum Gasteiger partial charge on any atom is 0.243 e. The van der Waals surface area contributed by atoms with Crippen LogP contribution in [0.15, 0.2) is 35.2 Å². The quantitative estimate of drug-likeness (QED) is 0.694. The topological polar surface area (TPSA) is 78.9 Å². The molecule has 0 unspecified atom stereocenters. The molecule has 8 nitrogen and oxygen atoms in total. The molecule has 0 atom stereocenters. The molecule has 0 N–H and O–H groups in total. The van der Waals surface area contributed by atoms with Crippen molar-refractivity contribution in [3.05, 3.63) is 36.0 Å². The highest BCUT2D eigenvalue weighted by Gasteiger charge is 2.29. The summed E-state index contributed by atoms with van der Waals surface area (Å²) in [6.07, 6.45) is 2.39. The van der Waals surface area contributed by atoms with Crippen LogP contribution in [0.4, 0.5) is 11.8 Å². The van der Waals surface area contributed by atoms with Gasteiger partial charge in [-0.05, 0) is 51.0 Å². The van der Waals surface area contributed by atoms with Crippen LogP contribution in [-0.2, 0) is 10.0 Å². The van der Waals surface area contributed by atoms with Gasteiger partial charge in [-0.1, -0.05) is 0 Å². The molecule has 1 aromatic heterocycles. The lowest BCUT2D eigenvalue weighted by molar-refractivity contribution is 0.340. The first-order chi connectivity index (χ1) is 14.5. The Balaban J connectivity index is 1.44. The van der Waals surface area contributed by atoms with Crippen LogP contribution in [0, 0.1) is 6.92 Å². The van der Waals surface area contributed by atoms with Crippen LogP contribution < -0.4 is 14.5 Å². The first-order valence-electron chi connectivity index (χ1n) is 10.6. The third-order valence-electron chi connectivity index (χ3n) is 5.55. The molecule has 2 aliphatic rings. The molecule has 3 heterocycles. The van der Waals surface area contributed by atoms with Crippen LogP contribution in [-0.4, -0.2) is 68.6 Å². The lowest BCUT2D eigenvalue weighted by atomic mass is 10.3. The third kappa shape index (κ3) is 4.37. The fourth-order valence-electron chi connectivity index (χ4n) is 3.94. The summed E-state index contributed by atoms with van der Waals surface area (Å²) in [5.41, 5.74) is 0.936. The number of hydrogen-bond donors (Lipinski definition) is 0. The summed E-state index contributed by atoms with van der Waals surface area (Å²) in [5, 5.41) is 0. The second-order valence-corrected chi connectivity index (χ2v) is 9.60. The Morgan fingerprint density at radius 3 is 2.23 bits per heavy atom. The van der Waals surface area contributed by atoms with Crippen molar-refractivity contribution in [3.8, 4) is 5.75 Å². The number of piperazine rings is 1. The minimum Gasteiger partial charge on any atom is -0.494 e. The SMILES string of the molecule is CCOc1ccc(S(=O)(=O)N2CCN(c3nc(C)cc(N4CCCC4)n3)CC2)cc1. The molecule has 2 saturated heterocycles. The molecule has 162 valence electrons. The minimum absolute atomic E-state index is 0.294. The number of aryl methyl sites for hydroxylation is 1. The zero-order valence-corrected chi connectivity index (χ0v) is 18.4. The summed E-state index contributed by atoms with van der Waals surface area (Å²) in [6, 6.07) is 8.65. The molecule has 0 amide bonds. The third-order valence-corrected chi connectivity index (χ3v) is 7.47. The first-order valence-corrected chi connectivity index (χ1v) is 12.0. The smallest absolute Gasteiger partial charge is 0.243 e. The second-order valence-electron chi connectivity index (χ2n) is 7.66. The molecule has 4 rings (SSSR count). The van der Waals surface area contributed by atoms with E-state index in [0.717, 1.165) is 24.6 Å². The number of sulfonamides is 1. The maximum absolute atomic E-state index is 13.0. The number of benzene rings is 1. The number of ether oxygens (including phenoxy) is 1. The van der Waals surface area contributed by atoms with Gasteiger partial charge in [-0.25, -0.2) is 13.4 Å². The van der Waals surface area contributed by atoms with E-state index >= 15 is 0 Å². The average molecular weight is 432 g/mol. The predicted molar refractivity (Wildman–Crippen MR) is 117 cm³/mol. The largest absolute Gasteiger partial charge is 0.494 e. The molecule has 30 heavy (non-hydrogen) atoms. The van der Waals surface area contributed by atoms with Crippen molar-refractivity contribution < 1.29 is 13.2 Å². The van der Waals surface area contributed by atoms with E-state index in [4.69, 9.17) is 9.72 Å². The normalized spacial score (nSPS) is 18.1. The standard InChI is InChI=1S/C21H29N5O3S/c1-3-29-18-6-8-19(9-7-18)30(27,28)26-14-12-25(13-15-26)21-22-17(2)16-20(23-21)24-10-4-5-11-24/h6-9,16H,3-5,10-15H2,1-2H3. The van der Waals surface area contributed by atoms with Crippen LogP contribution in [0.2, 0.25) is 0 Å². The van der Waals surface area contributed by atoms with E-state index in [9.17, 15) is 8.42 Å². The molecule has 0 saturated carbocycles. The summed E-state index contributed by atoms with van der Waals surface area (Å²) < 4.78 is 33.0. The first kappa shape index (κ1) is 20.9. The Bertz CT molecular complexity index is 967. The van der Waals surface area contributed by atoms with Gasteiger partial charge < -0.3 is 14.5 Å². The van der Waals surface area contributed by atoms with Gasteiger partial charge in [-0.3, -0.25) is 0 Å². The van der Waals surface area contributed by atoms with Crippen LogP contribution in [0.3, 0.4) is 0 Å². The Morgan fingerprint density at radius 2 is 1.60 bits per heavy atom. The fourth-order valence-corrected chi connectivity index (χ4v) is 5.36. The van der Waals surface area contributed by atoms with Gasteiger partial charge in [0.15, 0.2) is 0 Å². The molecule has 1 aromatic carbocycles. The molecule has 2 fully saturated rings. The molecule has 9 heteroatoms. The van der Waals surface area contributed by atoms with E-state index in [-0.39, 0.29) is 0 Å². The van der Waals surface area contributed by atoms with E-state index < -0.39 is 10.0 Å². The molecule has 0 radical (unpaired) electrons. The molecule has 2 aliphatic heterocycles. The lowest BCUT2D eigenvalue weighted by Crippen LogP contribution is -2.49. The van der Waals surface area contributed by atoms with E-state index in [1.807, 2.05) is 19.9 Å².